The third-order valence-electron chi connectivity index (χ3n) is 3.56. The second-order valence-electron chi connectivity index (χ2n) is 5.08. The highest BCUT2D eigenvalue weighted by molar-refractivity contribution is 5.34. The summed E-state index contributed by atoms with van der Waals surface area (Å²) in [4.78, 5) is 11.5. The maximum atomic E-state index is 4.66. The first-order chi connectivity index (χ1) is 8.72. The summed E-state index contributed by atoms with van der Waals surface area (Å²) in [7, 11) is 0. The van der Waals surface area contributed by atoms with Crippen LogP contribution in [-0.4, -0.2) is 29.6 Å². The summed E-state index contributed by atoms with van der Waals surface area (Å²) in [6.07, 6.45) is 5.66. The first kappa shape index (κ1) is 13.3. The molecule has 1 aromatic rings. The number of rotatable bonds is 5. The Kier molecular flexibility index (Phi) is 4.53. The normalized spacial score (nSPS) is 17.2. The Morgan fingerprint density at radius 2 is 2.11 bits per heavy atom. The third-order valence-corrected chi connectivity index (χ3v) is 3.56. The number of aromatic nitrogens is 2. The highest BCUT2D eigenvalue weighted by Gasteiger charge is 2.17. The number of hydrogen-bond donors (Lipinski definition) is 1. The lowest BCUT2D eigenvalue weighted by Gasteiger charge is -2.19. The summed E-state index contributed by atoms with van der Waals surface area (Å²) >= 11 is 0. The van der Waals surface area contributed by atoms with Crippen molar-refractivity contribution >= 4 is 5.95 Å². The SMILES string of the molecule is CCCNC(C)c1cnc(N2CCCC2)nc1C. The monoisotopic (exact) mass is 248 g/mol. The molecule has 2 rings (SSSR count). The molecule has 1 aliphatic heterocycles. The van der Waals surface area contributed by atoms with E-state index in [4.69, 9.17) is 0 Å². The van der Waals surface area contributed by atoms with Gasteiger partial charge >= 0.3 is 0 Å². The van der Waals surface area contributed by atoms with Gasteiger partial charge in [-0.1, -0.05) is 6.92 Å². The molecule has 1 saturated heterocycles. The van der Waals surface area contributed by atoms with Gasteiger partial charge in [0.1, 0.15) is 0 Å². The fourth-order valence-electron chi connectivity index (χ4n) is 2.43. The lowest BCUT2D eigenvalue weighted by Crippen LogP contribution is -2.23. The first-order valence-corrected chi connectivity index (χ1v) is 7.04. The standard InChI is InChI=1S/C14H24N4/c1-4-7-15-11(2)13-10-16-14(17-12(13)3)18-8-5-6-9-18/h10-11,15H,4-9H2,1-3H3. The summed E-state index contributed by atoms with van der Waals surface area (Å²) in [5.74, 6) is 0.899. The number of aryl methyl sites for hydroxylation is 1. The summed E-state index contributed by atoms with van der Waals surface area (Å²) in [6, 6.07) is 0.331. The zero-order chi connectivity index (χ0) is 13.0. The third kappa shape index (κ3) is 2.99. The lowest BCUT2D eigenvalue weighted by molar-refractivity contribution is 0.564. The van der Waals surface area contributed by atoms with E-state index in [-0.39, 0.29) is 0 Å². The number of anilines is 1. The number of nitrogens with zero attached hydrogens (tertiary/aromatic N) is 3. The predicted octanol–water partition coefficient (Wildman–Crippen LogP) is 2.45. The predicted molar refractivity (Wildman–Crippen MR) is 74.9 cm³/mol. The number of nitrogens with one attached hydrogen (secondary N) is 1. The quantitative estimate of drug-likeness (QED) is 0.869. The van der Waals surface area contributed by atoms with Gasteiger partial charge in [0, 0.05) is 36.6 Å². The van der Waals surface area contributed by atoms with Gasteiger partial charge in [-0.3, -0.25) is 0 Å². The fraction of sp³-hybridized carbons (Fsp3) is 0.714. The first-order valence-electron chi connectivity index (χ1n) is 7.04. The average molecular weight is 248 g/mol. The Balaban J connectivity index is 2.09. The molecule has 0 amide bonds. The Labute approximate surface area is 110 Å². The molecule has 0 spiro atoms. The van der Waals surface area contributed by atoms with E-state index in [9.17, 15) is 0 Å². The van der Waals surface area contributed by atoms with Crippen molar-refractivity contribution in [3.63, 3.8) is 0 Å². The molecule has 2 heterocycles. The average Bonchev–Trinajstić information content (AvgIpc) is 2.89. The molecule has 1 atom stereocenters. The van der Waals surface area contributed by atoms with Crippen LogP contribution in [0.5, 0.6) is 0 Å². The van der Waals surface area contributed by atoms with Crippen LogP contribution in [0.1, 0.15) is 50.4 Å². The molecule has 1 aliphatic rings. The molecule has 0 aromatic carbocycles. The van der Waals surface area contributed by atoms with E-state index in [0.29, 0.717) is 6.04 Å². The molecule has 1 fully saturated rings. The van der Waals surface area contributed by atoms with Crippen molar-refractivity contribution in [1.82, 2.24) is 15.3 Å². The van der Waals surface area contributed by atoms with Crippen LogP contribution in [0.25, 0.3) is 0 Å². The van der Waals surface area contributed by atoms with E-state index in [1.165, 1.54) is 18.4 Å². The van der Waals surface area contributed by atoms with Gasteiger partial charge < -0.3 is 10.2 Å². The van der Waals surface area contributed by atoms with Gasteiger partial charge in [0.2, 0.25) is 5.95 Å². The fourth-order valence-corrected chi connectivity index (χ4v) is 2.43. The van der Waals surface area contributed by atoms with Gasteiger partial charge in [0.15, 0.2) is 0 Å². The number of hydrogen-bond acceptors (Lipinski definition) is 4. The summed E-state index contributed by atoms with van der Waals surface area (Å²) in [5.41, 5.74) is 2.31. The van der Waals surface area contributed by atoms with Crippen molar-refractivity contribution < 1.29 is 0 Å². The van der Waals surface area contributed by atoms with Crippen LogP contribution in [0.15, 0.2) is 6.20 Å². The minimum Gasteiger partial charge on any atom is -0.341 e. The molecule has 0 bridgehead atoms. The van der Waals surface area contributed by atoms with Crippen molar-refractivity contribution in [2.75, 3.05) is 24.5 Å². The molecule has 4 heteroatoms. The van der Waals surface area contributed by atoms with E-state index >= 15 is 0 Å². The van der Waals surface area contributed by atoms with Crippen LogP contribution in [0, 0.1) is 6.92 Å². The molecule has 18 heavy (non-hydrogen) atoms. The summed E-state index contributed by atoms with van der Waals surface area (Å²) in [6.45, 7) is 9.68. The molecule has 100 valence electrons. The van der Waals surface area contributed by atoms with Crippen LogP contribution >= 0.6 is 0 Å². The van der Waals surface area contributed by atoms with Crippen LogP contribution in [-0.2, 0) is 0 Å². The largest absolute Gasteiger partial charge is 0.341 e. The highest BCUT2D eigenvalue weighted by atomic mass is 15.3. The van der Waals surface area contributed by atoms with Gasteiger partial charge in [-0.25, -0.2) is 9.97 Å². The molecule has 4 nitrogen and oxygen atoms in total. The van der Waals surface area contributed by atoms with Crippen LogP contribution in [0.2, 0.25) is 0 Å². The van der Waals surface area contributed by atoms with Gasteiger partial charge in [0.05, 0.1) is 0 Å². The summed E-state index contributed by atoms with van der Waals surface area (Å²) in [5, 5.41) is 3.48. The lowest BCUT2D eigenvalue weighted by atomic mass is 10.1. The van der Waals surface area contributed by atoms with Gasteiger partial charge in [-0.05, 0) is 39.7 Å². The van der Waals surface area contributed by atoms with E-state index < -0.39 is 0 Å². The zero-order valence-electron chi connectivity index (χ0n) is 11.7. The van der Waals surface area contributed by atoms with Crippen molar-refractivity contribution in [1.29, 1.82) is 0 Å². The Morgan fingerprint density at radius 1 is 1.39 bits per heavy atom. The Hall–Kier alpha value is -1.16. The molecule has 0 aliphatic carbocycles. The second-order valence-corrected chi connectivity index (χ2v) is 5.08. The molecule has 1 aromatic heterocycles. The maximum absolute atomic E-state index is 4.66. The Morgan fingerprint density at radius 3 is 2.72 bits per heavy atom. The van der Waals surface area contributed by atoms with Gasteiger partial charge in [-0.15, -0.1) is 0 Å². The van der Waals surface area contributed by atoms with Gasteiger partial charge in [-0.2, -0.15) is 0 Å². The van der Waals surface area contributed by atoms with Crippen molar-refractivity contribution in [3.05, 3.63) is 17.5 Å². The van der Waals surface area contributed by atoms with E-state index in [2.05, 4.69) is 41.0 Å². The second kappa shape index (κ2) is 6.14. The van der Waals surface area contributed by atoms with Crippen LogP contribution in [0.4, 0.5) is 5.95 Å². The van der Waals surface area contributed by atoms with Crippen molar-refractivity contribution in [2.24, 2.45) is 0 Å². The molecule has 0 radical (unpaired) electrons. The van der Waals surface area contributed by atoms with Crippen LogP contribution < -0.4 is 10.2 Å². The van der Waals surface area contributed by atoms with E-state index in [0.717, 1.165) is 37.7 Å². The molecular formula is C14H24N4. The summed E-state index contributed by atoms with van der Waals surface area (Å²) < 4.78 is 0. The van der Waals surface area contributed by atoms with E-state index in [1.54, 1.807) is 0 Å². The zero-order valence-corrected chi connectivity index (χ0v) is 11.7. The minimum absolute atomic E-state index is 0.331. The maximum Gasteiger partial charge on any atom is 0.225 e. The van der Waals surface area contributed by atoms with E-state index in [1.807, 2.05) is 6.20 Å². The molecule has 1 unspecified atom stereocenters. The molecule has 1 N–H and O–H groups in total. The van der Waals surface area contributed by atoms with Gasteiger partial charge in [0.25, 0.3) is 0 Å². The highest BCUT2D eigenvalue weighted by Crippen LogP contribution is 2.20. The minimum atomic E-state index is 0.331. The van der Waals surface area contributed by atoms with Crippen molar-refractivity contribution in [3.8, 4) is 0 Å². The smallest absolute Gasteiger partial charge is 0.225 e. The Bertz CT molecular complexity index is 385. The molecular weight excluding hydrogens is 224 g/mol. The molecule has 0 saturated carbocycles. The topological polar surface area (TPSA) is 41.1 Å². The van der Waals surface area contributed by atoms with Crippen molar-refractivity contribution in [2.45, 2.75) is 46.1 Å². The van der Waals surface area contributed by atoms with Crippen LogP contribution in [0.3, 0.4) is 0 Å².